The first kappa shape index (κ1) is 23.4. The van der Waals surface area contributed by atoms with Crippen molar-refractivity contribution in [3.8, 4) is 11.5 Å². The van der Waals surface area contributed by atoms with Crippen LogP contribution in [0.1, 0.15) is 16.7 Å². The first-order chi connectivity index (χ1) is 16.0. The Morgan fingerprint density at radius 3 is 2.52 bits per heavy atom. The number of hydrogen-bond acceptors (Lipinski definition) is 5. The molecule has 0 aromatic heterocycles. The lowest BCUT2D eigenvalue weighted by molar-refractivity contribution is -0.123. The zero-order valence-electron chi connectivity index (χ0n) is 17.6. The second-order valence-corrected chi connectivity index (χ2v) is 9.42. The highest BCUT2D eigenvalue weighted by molar-refractivity contribution is 9.10. The van der Waals surface area contributed by atoms with E-state index in [2.05, 4.69) is 15.9 Å². The topological polar surface area (TPSA) is 55.8 Å². The van der Waals surface area contributed by atoms with Crippen LogP contribution in [-0.4, -0.2) is 23.2 Å². The average molecular weight is 545 g/mol. The van der Waals surface area contributed by atoms with Gasteiger partial charge in [-0.3, -0.25) is 14.5 Å². The first-order valence-electron chi connectivity index (χ1n) is 9.99. The monoisotopic (exact) mass is 543 g/mol. The summed E-state index contributed by atoms with van der Waals surface area (Å²) in [6.07, 6.45) is 1.68. The molecule has 168 valence electrons. The molecule has 0 aliphatic carbocycles. The fourth-order valence-electron chi connectivity index (χ4n) is 3.28. The second kappa shape index (κ2) is 10.5. The minimum Gasteiger partial charge on any atom is -0.493 e. The Bertz CT molecular complexity index is 1230. The van der Waals surface area contributed by atoms with Gasteiger partial charge in [-0.15, -0.1) is 0 Å². The van der Waals surface area contributed by atoms with Gasteiger partial charge in [-0.1, -0.05) is 60.1 Å². The van der Waals surface area contributed by atoms with E-state index in [4.69, 9.17) is 21.1 Å². The Hall–Kier alpha value is -2.74. The van der Waals surface area contributed by atoms with Crippen molar-refractivity contribution in [1.82, 2.24) is 4.90 Å². The van der Waals surface area contributed by atoms with E-state index < -0.39 is 0 Å². The number of ether oxygens (including phenoxy) is 2. The van der Waals surface area contributed by atoms with Gasteiger partial charge in [0, 0.05) is 10.6 Å². The highest BCUT2D eigenvalue weighted by atomic mass is 79.9. The van der Waals surface area contributed by atoms with Crippen molar-refractivity contribution >= 4 is 56.5 Å². The Kier molecular flexibility index (Phi) is 7.42. The molecule has 4 rings (SSSR count). The third-order valence-electron chi connectivity index (χ3n) is 4.94. The van der Waals surface area contributed by atoms with Crippen molar-refractivity contribution in [3.05, 3.63) is 97.8 Å². The molecule has 3 aromatic carbocycles. The summed E-state index contributed by atoms with van der Waals surface area (Å²) in [5.74, 6) is 0.695. The van der Waals surface area contributed by atoms with Crippen LogP contribution < -0.4 is 9.47 Å². The van der Waals surface area contributed by atoms with E-state index in [-0.39, 0.29) is 24.3 Å². The summed E-state index contributed by atoms with van der Waals surface area (Å²) in [4.78, 5) is 26.9. The number of imide groups is 1. The standard InChI is InChI=1S/C25H19BrClNO4S/c1-31-21-12-17(11-19(26)23(21)32-15-18-9-5-6-10-20(18)27)13-22-24(29)28(25(30)33-22)14-16-7-3-2-4-8-16/h2-13H,14-15H2,1H3/b22-13-. The largest absolute Gasteiger partial charge is 0.493 e. The summed E-state index contributed by atoms with van der Waals surface area (Å²) in [6.45, 7) is 0.511. The third-order valence-corrected chi connectivity index (χ3v) is 6.80. The summed E-state index contributed by atoms with van der Waals surface area (Å²) >= 11 is 10.7. The second-order valence-electron chi connectivity index (χ2n) is 7.17. The van der Waals surface area contributed by atoms with Crippen molar-refractivity contribution in [3.63, 3.8) is 0 Å². The van der Waals surface area contributed by atoms with Crippen LogP contribution in [0.5, 0.6) is 11.5 Å². The Labute approximate surface area is 209 Å². The molecule has 0 unspecified atom stereocenters. The molecule has 2 amide bonds. The van der Waals surface area contributed by atoms with Crippen LogP contribution >= 0.6 is 39.3 Å². The van der Waals surface area contributed by atoms with Crippen molar-refractivity contribution < 1.29 is 19.1 Å². The lowest BCUT2D eigenvalue weighted by atomic mass is 10.1. The molecule has 0 bridgehead atoms. The maximum absolute atomic E-state index is 12.9. The van der Waals surface area contributed by atoms with Crippen molar-refractivity contribution in [1.29, 1.82) is 0 Å². The number of nitrogens with zero attached hydrogens (tertiary/aromatic N) is 1. The number of benzene rings is 3. The summed E-state index contributed by atoms with van der Waals surface area (Å²) in [6, 6.07) is 20.4. The van der Waals surface area contributed by atoms with Gasteiger partial charge < -0.3 is 9.47 Å². The number of halogens is 2. The normalized spacial score (nSPS) is 14.8. The Balaban J connectivity index is 1.54. The van der Waals surface area contributed by atoms with Gasteiger partial charge in [0.05, 0.1) is 23.0 Å². The van der Waals surface area contributed by atoms with Crippen LogP contribution in [0.4, 0.5) is 4.79 Å². The average Bonchev–Trinajstić information content (AvgIpc) is 3.07. The van der Waals surface area contributed by atoms with Crippen molar-refractivity contribution in [2.24, 2.45) is 0 Å². The van der Waals surface area contributed by atoms with Crippen molar-refractivity contribution in [2.75, 3.05) is 7.11 Å². The lowest BCUT2D eigenvalue weighted by Gasteiger charge is -2.14. The van der Waals surface area contributed by atoms with Crippen LogP contribution in [0.15, 0.2) is 76.1 Å². The van der Waals surface area contributed by atoms with Gasteiger partial charge in [0.15, 0.2) is 11.5 Å². The van der Waals surface area contributed by atoms with Gasteiger partial charge in [-0.25, -0.2) is 0 Å². The molecule has 0 N–H and O–H groups in total. The summed E-state index contributed by atoms with van der Waals surface area (Å²) in [7, 11) is 1.54. The molecule has 8 heteroatoms. The van der Waals surface area contributed by atoms with E-state index in [9.17, 15) is 9.59 Å². The predicted octanol–water partition coefficient (Wildman–Crippen LogP) is 6.93. The minimum atomic E-state index is -0.317. The number of rotatable bonds is 7. The molecule has 0 spiro atoms. The molecule has 1 aliphatic heterocycles. The maximum Gasteiger partial charge on any atom is 0.293 e. The maximum atomic E-state index is 12.9. The first-order valence-corrected chi connectivity index (χ1v) is 12.0. The van der Waals surface area contributed by atoms with E-state index in [1.54, 1.807) is 25.3 Å². The van der Waals surface area contributed by atoms with Gasteiger partial charge in [0.25, 0.3) is 11.1 Å². The number of carbonyl (C=O) groups excluding carboxylic acids is 2. The molecule has 1 aliphatic rings. The molecule has 3 aromatic rings. The molecule has 0 radical (unpaired) electrons. The fraction of sp³-hybridized carbons (Fsp3) is 0.120. The van der Waals surface area contributed by atoms with E-state index in [0.29, 0.717) is 31.5 Å². The summed E-state index contributed by atoms with van der Waals surface area (Å²) in [5.41, 5.74) is 2.45. The van der Waals surface area contributed by atoms with Crippen LogP contribution in [0.2, 0.25) is 5.02 Å². The summed E-state index contributed by atoms with van der Waals surface area (Å²) in [5, 5.41) is 0.330. The van der Waals surface area contributed by atoms with Gasteiger partial charge in [0.1, 0.15) is 6.61 Å². The highest BCUT2D eigenvalue weighted by Crippen LogP contribution is 2.40. The van der Waals surface area contributed by atoms with E-state index in [0.717, 1.165) is 22.9 Å². The van der Waals surface area contributed by atoms with E-state index in [1.165, 1.54) is 4.90 Å². The SMILES string of the molecule is COc1cc(/C=C2\SC(=O)N(Cc3ccccc3)C2=O)cc(Br)c1OCc1ccccc1Cl. The molecule has 5 nitrogen and oxygen atoms in total. The predicted molar refractivity (Wildman–Crippen MR) is 134 cm³/mol. The van der Waals surface area contributed by atoms with Crippen LogP contribution in [-0.2, 0) is 17.9 Å². The third kappa shape index (κ3) is 5.43. The quantitative estimate of drug-likeness (QED) is 0.302. The summed E-state index contributed by atoms with van der Waals surface area (Å²) < 4.78 is 12.1. The van der Waals surface area contributed by atoms with Gasteiger partial charge in [-0.05, 0) is 63.1 Å². The Morgan fingerprint density at radius 1 is 1.06 bits per heavy atom. The molecular weight excluding hydrogens is 526 g/mol. The Morgan fingerprint density at radius 2 is 1.79 bits per heavy atom. The number of hydrogen-bond donors (Lipinski definition) is 0. The number of amides is 2. The molecule has 0 atom stereocenters. The zero-order valence-corrected chi connectivity index (χ0v) is 20.7. The zero-order chi connectivity index (χ0) is 23.4. The van der Waals surface area contributed by atoms with Gasteiger partial charge in [-0.2, -0.15) is 0 Å². The highest BCUT2D eigenvalue weighted by Gasteiger charge is 2.35. The van der Waals surface area contributed by atoms with Crippen LogP contribution in [0, 0.1) is 0 Å². The molecule has 0 saturated carbocycles. The van der Waals surface area contributed by atoms with E-state index in [1.807, 2.05) is 54.6 Å². The fourth-order valence-corrected chi connectivity index (χ4v) is 4.88. The molecule has 1 saturated heterocycles. The molecule has 1 fully saturated rings. The molecule has 1 heterocycles. The van der Waals surface area contributed by atoms with Crippen molar-refractivity contribution in [2.45, 2.75) is 13.2 Å². The van der Waals surface area contributed by atoms with E-state index >= 15 is 0 Å². The van der Waals surface area contributed by atoms with Crippen LogP contribution in [0.25, 0.3) is 6.08 Å². The smallest absolute Gasteiger partial charge is 0.293 e. The van der Waals surface area contributed by atoms with Crippen LogP contribution in [0.3, 0.4) is 0 Å². The number of carbonyl (C=O) groups is 2. The van der Waals surface area contributed by atoms with Gasteiger partial charge in [0.2, 0.25) is 0 Å². The lowest BCUT2D eigenvalue weighted by Crippen LogP contribution is -2.27. The number of methoxy groups -OCH3 is 1. The van der Waals surface area contributed by atoms with Gasteiger partial charge >= 0.3 is 0 Å². The molecule has 33 heavy (non-hydrogen) atoms. The minimum absolute atomic E-state index is 0.241. The molecular formula is C25H19BrClNO4S. The number of thioether (sulfide) groups is 1.